The Balaban J connectivity index is 2.38. The Morgan fingerprint density at radius 2 is 1.95 bits per heavy atom. The number of methoxy groups -OCH3 is 1. The molecule has 6 heteroatoms. The van der Waals surface area contributed by atoms with E-state index in [0.717, 1.165) is 17.0 Å². The summed E-state index contributed by atoms with van der Waals surface area (Å²) < 4.78 is 30.3. The van der Waals surface area contributed by atoms with Crippen LogP contribution in [0.15, 0.2) is 29.2 Å². The predicted molar refractivity (Wildman–Crippen MR) is 76.9 cm³/mol. The van der Waals surface area contributed by atoms with E-state index in [-0.39, 0.29) is 4.90 Å². The first kappa shape index (κ1) is 14.6. The van der Waals surface area contributed by atoms with Gasteiger partial charge in [-0.1, -0.05) is 6.07 Å². The molecule has 0 atom stereocenters. The molecule has 1 aromatic heterocycles. The van der Waals surface area contributed by atoms with Gasteiger partial charge >= 0.3 is 0 Å². The number of hydrogen-bond acceptors (Lipinski definition) is 4. The van der Waals surface area contributed by atoms with Crippen LogP contribution >= 0.6 is 0 Å². The molecule has 108 valence electrons. The van der Waals surface area contributed by atoms with Gasteiger partial charge in [0.25, 0.3) is 0 Å². The molecule has 2 rings (SSSR count). The smallest absolute Gasteiger partial charge is 0.179 e. The second kappa shape index (κ2) is 5.28. The molecule has 5 nitrogen and oxygen atoms in total. The molecule has 1 heterocycles. The van der Waals surface area contributed by atoms with Crippen LogP contribution in [-0.4, -0.2) is 31.6 Å². The molecule has 2 aromatic rings. The summed E-state index contributed by atoms with van der Waals surface area (Å²) in [6.45, 7) is 4.51. The van der Waals surface area contributed by atoms with Crippen molar-refractivity contribution in [2.75, 3.05) is 13.4 Å². The van der Waals surface area contributed by atoms with Crippen LogP contribution in [0.5, 0.6) is 5.75 Å². The molecule has 20 heavy (non-hydrogen) atoms. The lowest BCUT2D eigenvalue weighted by Crippen LogP contribution is -2.06. The molecular weight excluding hydrogens is 276 g/mol. The van der Waals surface area contributed by atoms with E-state index < -0.39 is 9.84 Å². The Labute approximate surface area is 119 Å². The Morgan fingerprint density at radius 3 is 2.45 bits per heavy atom. The number of aryl methyl sites for hydroxylation is 2. The maximum atomic E-state index is 11.6. The summed E-state index contributed by atoms with van der Waals surface area (Å²) in [6.07, 6.45) is 1.17. The van der Waals surface area contributed by atoms with Crippen molar-refractivity contribution in [2.45, 2.75) is 25.3 Å². The monoisotopic (exact) mass is 294 g/mol. The van der Waals surface area contributed by atoms with Crippen LogP contribution in [0, 0.1) is 13.8 Å². The van der Waals surface area contributed by atoms with Crippen molar-refractivity contribution in [3.05, 3.63) is 41.2 Å². The molecular formula is C14H18N2O3S. The normalized spacial score (nSPS) is 11.6. The molecule has 0 spiro atoms. The minimum absolute atomic E-state index is 0.206. The largest absolute Gasteiger partial charge is 0.495 e. The standard InChI is InChI=1S/C14H18N2O3S/c1-10-7-11(2)16(15-10)9-12-5-6-14(20(4,17)18)13(8-12)19-3/h5-8H,9H2,1-4H3. The Morgan fingerprint density at radius 1 is 1.25 bits per heavy atom. The van der Waals surface area contributed by atoms with Crippen molar-refractivity contribution in [2.24, 2.45) is 0 Å². The van der Waals surface area contributed by atoms with Crippen molar-refractivity contribution in [1.82, 2.24) is 9.78 Å². The van der Waals surface area contributed by atoms with E-state index in [0.29, 0.717) is 12.3 Å². The van der Waals surface area contributed by atoms with Crippen LogP contribution in [0.25, 0.3) is 0 Å². The Kier molecular flexibility index (Phi) is 3.85. The molecule has 0 aliphatic rings. The van der Waals surface area contributed by atoms with Gasteiger partial charge in [-0.2, -0.15) is 5.10 Å². The maximum absolute atomic E-state index is 11.6. The topological polar surface area (TPSA) is 61.2 Å². The highest BCUT2D eigenvalue weighted by molar-refractivity contribution is 7.90. The van der Waals surface area contributed by atoms with Crippen molar-refractivity contribution in [3.63, 3.8) is 0 Å². The van der Waals surface area contributed by atoms with Crippen LogP contribution in [0.2, 0.25) is 0 Å². The molecule has 1 aromatic carbocycles. The van der Waals surface area contributed by atoms with E-state index in [1.54, 1.807) is 18.2 Å². The number of hydrogen-bond donors (Lipinski definition) is 0. The highest BCUT2D eigenvalue weighted by Crippen LogP contribution is 2.25. The molecule has 0 radical (unpaired) electrons. The first-order valence-corrected chi connectivity index (χ1v) is 8.08. The summed E-state index contributed by atoms with van der Waals surface area (Å²) in [4.78, 5) is 0.206. The SMILES string of the molecule is COc1cc(Cn2nc(C)cc2C)ccc1S(C)(=O)=O. The third-order valence-corrected chi connectivity index (χ3v) is 4.20. The molecule has 0 fully saturated rings. The Bertz CT molecular complexity index is 733. The van der Waals surface area contributed by atoms with Gasteiger partial charge in [-0.25, -0.2) is 8.42 Å². The molecule has 0 amide bonds. The molecule has 0 bridgehead atoms. The Hall–Kier alpha value is -1.82. The fourth-order valence-corrected chi connectivity index (χ4v) is 2.95. The van der Waals surface area contributed by atoms with Crippen molar-refractivity contribution in [1.29, 1.82) is 0 Å². The summed E-state index contributed by atoms with van der Waals surface area (Å²) in [5.41, 5.74) is 2.97. The molecule has 0 aliphatic heterocycles. The van der Waals surface area contributed by atoms with Gasteiger partial charge in [0, 0.05) is 11.9 Å². The van der Waals surface area contributed by atoms with Crippen LogP contribution in [-0.2, 0) is 16.4 Å². The van der Waals surface area contributed by atoms with Crippen molar-refractivity contribution in [3.8, 4) is 5.75 Å². The fraction of sp³-hybridized carbons (Fsp3) is 0.357. The third kappa shape index (κ3) is 3.01. The lowest BCUT2D eigenvalue weighted by atomic mass is 10.2. The highest BCUT2D eigenvalue weighted by atomic mass is 32.2. The average molecular weight is 294 g/mol. The number of sulfone groups is 1. The maximum Gasteiger partial charge on any atom is 0.179 e. The predicted octanol–water partition coefficient (Wildman–Crippen LogP) is 1.96. The number of ether oxygens (including phenoxy) is 1. The summed E-state index contributed by atoms with van der Waals surface area (Å²) in [5, 5.41) is 4.39. The summed E-state index contributed by atoms with van der Waals surface area (Å²) in [5.74, 6) is 0.367. The summed E-state index contributed by atoms with van der Waals surface area (Å²) in [7, 11) is -1.82. The number of aromatic nitrogens is 2. The fourth-order valence-electron chi connectivity index (χ4n) is 2.12. The van der Waals surface area contributed by atoms with Gasteiger partial charge in [-0.3, -0.25) is 4.68 Å². The number of rotatable bonds is 4. The van der Waals surface area contributed by atoms with Gasteiger partial charge in [0.1, 0.15) is 10.6 Å². The lowest BCUT2D eigenvalue weighted by molar-refractivity contribution is 0.402. The molecule has 0 saturated carbocycles. The van der Waals surface area contributed by atoms with Crippen LogP contribution in [0.3, 0.4) is 0 Å². The number of benzene rings is 1. The van der Waals surface area contributed by atoms with E-state index in [1.807, 2.05) is 24.6 Å². The highest BCUT2D eigenvalue weighted by Gasteiger charge is 2.15. The molecule has 0 unspecified atom stereocenters. The van der Waals surface area contributed by atoms with Crippen molar-refractivity contribution >= 4 is 9.84 Å². The zero-order chi connectivity index (χ0) is 14.9. The van der Waals surface area contributed by atoms with Crippen LogP contribution in [0.4, 0.5) is 0 Å². The zero-order valence-corrected chi connectivity index (χ0v) is 12.9. The van der Waals surface area contributed by atoms with Crippen LogP contribution < -0.4 is 4.74 Å². The first-order valence-electron chi connectivity index (χ1n) is 6.19. The van der Waals surface area contributed by atoms with E-state index in [4.69, 9.17) is 4.74 Å². The lowest BCUT2D eigenvalue weighted by Gasteiger charge is -2.10. The quantitative estimate of drug-likeness (QED) is 0.865. The van der Waals surface area contributed by atoms with Gasteiger partial charge in [0.15, 0.2) is 9.84 Å². The molecule has 0 N–H and O–H groups in total. The zero-order valence-electron chi connectivity index (χ0n) is 12.0. The van der Waals surface area contributed by atoms with Gasteiger partial charge in [-0.05, 0) is 37.6 Å². The second-order valence-electron chi connectivity index (χ2n) is 4.84. The van der Waals surface area contributed by atoms with E-state index in [9.17, 15) is 8.42 Å². The summed E-state index contributed by atoms with van der Waals surface area (Å²) >= 11 is 0. The molecule has 0 aliphatic carbocycles. The minimum atomic E-state index is -3.29. The molecule has 0 saturated heterocycles. The van der Waals surface area contributed by atoms with Crippen molar-refractivity contribution < 1.29 is 13.2 Å². The van der Waals surface area contributed by atoms with Crippen LogP contribution in [0.1, 0.15) is 17.0 Å². The van der Waals surface area contributed by atoms with Gasteiger partial charge in [0.05, 0.1) is 19.3 Å². The minimum Gasteiger partial charge on any atom is -0.495 e. The number of nitrogens with zero attached hydrogens (tertiary/aromatic N) is 2. The van der Waals surface area contributed by atoms with Gasteiger partial charge in [0.2, 0.25) is 0 Å². The van der Waals surface area contributed by atoms with E-state index in [1.165, 1.54) is 13.4 Å². The first-order chi connectivity index (χ1) is 9.31. The van der Waals surface area contributed by atoms with Gasteiger partial charge < -0.3 is 4.74 Å². The second-order valence-corrected chi connectivity index (χ2v) is 6.83. The summed E-state index contributed by atoms with van der Waals surface area (Å²) in [6, 6.07) is 7.11. The average Bonchev–Trinajstić information content (AvgIpc) is 2.66. The van der Waals surface area contributed by atoms with Gasteiger partial charge in [-0.15, -0.1) is 0 Å². The van der Waals surface area contributed by atoms with E-state index in [2.05, 4.69) is 5.10 Å². The van der Waals surface area contributed by atoms with E-state index >= 15 is 0 Å². The third-order valence-electron chi connectivity index (χ3n) is 3.06.